The number of aromatic nitrogens is 3. The summed E-state index contributed by atoms with van der Waals surface area (Å²) in [6, 6.07) is 1.39. The zero-order chi connectivity index (χ0) is 14.8. The van der Waals surface area contributed by atoms with E-state index in [2.05, 4.69) is 15.2 Å². The molecule has 0 aliphatic rings. The van der Waals surface area contributed by atoms with E-state index in [0.717, 1.165) is 0 Å². The van der Waals surface area contributed by atoms with Crippen molar-refractivity contribution in [3.05, 3.63) is 35.8 Å². The van der Waals surface area contributed by atoms with Crippen LogP contribution in [-0.2, 0) is 12.0 Å². The lowest BCUT2D eigenvalue weighted by Crippen LogP contribution is -2.11. The second-order valence-corrected chi connectivity index (χ2v) is 5.25. The Labute approximate surface area is 115 Å². The molecule has 0 aromatic carbocycles. The normalized spacial score (nSPS) is 11.3. The highest BCUT2D eigenvalue weighted by molar-refractivity contribution is 5.87. The summed E-state index contributed by atoms with van der Waals surface area (Å²) in [5.74, 6) is 0.125. The number of aromatic carboxylic acids is 1. The number of hydrogen-bond acceptors (Lipinski definition) is 6. The summed E-state index contributed by atoms with van der Waals surface area (Å²) in [5.41, 5.74) is -0.167. The smallest absolute Gasteiger partial charge is 0.337 e. The Kier molecular flexibility index (Phi) is 3.69. The predicted octanol–water partition coefficient (Wildman–Crippen LogP) is 2.04. The van der Waals surface area contributed by atoms with E-state index in [0.29, 0.717) is 17.5 Å². The van der Waals surface area contributed by atoms with Crippen LogP contribution in [0.3, 0.4) is 0 Å². The first-order valence-corrected chi connectivity index (χ1v) is 6.00. The van der Waals surface area contributed by atoms with Gasteiger partial charge in [-0.1, -0.05) is 20.8 Å². The molecule has 0 atom stereocenters. The molecule has 0 saturated heterocycles. The molecule has 0 aliphatic carbocycles. The Balaban J connectivity index is 2.04. The summed E-state index contributed by atoms with van der Waals surface area (Å²) in [7, 11) is 0. The number of rotatable bonds is 4. The molecular formula is C13H15N3O4. The fraction of sp³-hybridized carbons (Fsp3) is 0.385. The molecular weight excluding hydrogens is 262 g/mol. The molecule has 1 N–H and O–H groups in total. The van der Waals surface area contributed by atoms with Gasteiger partial charge >= 0.3 is 5.97 Å². The number of hydrogen-bond donors (Lipinski definition) is 1. The zero-order valence-corrected chi connectivity index (χ0v) is 11.5. The molecule has 2 heterocycles. The average molecular weight is 277 g/mol. The van der Waals surface area contributed by atoms with Gasteiger partial charge in [0.15, 0.2) is 6.61 Å². The number of pyridine rings is 1. The summed E-state index contributed by atoms with van der Waals surface area (Å²) in [5, 5.41) is 16.7. The van der Waals surface area contributed by atoms with Crippen LogP contribution in [0, 0.1) is 0 Å². The van der Waals surface area contributed by atoms with Crippen LogP contribution in [0.2, 0.25) is 0 Å². The summed E-state index contributed by atoms with van der Waals surface area (Å²) >= 11 is 0. The van der Waals surface area contributed by atoms with Gasteiger partial charge < -0.3 is 14.3 Å². The first-order chi connectivity index (χ1) is 9.36. The second kappa shape index (κ2) is 5.28. The summed E-state index contributed by atoms with van der Waals surface area (Å²) in [4.78, 5) is 14.6. The maximum atomic E-state index is 10.8. The van der Waals surface area contributed by atoms with Crippen LogP contribution in [-0.4, -0.2) is 26.3 Å². The number of ether oxygens (including phenoxy) is 1. The summed E-state index contributed by atoms with van der Waals surface area (Å²) in [6.07, 6.45) is 2.67. The van der Waals surface area contributed by atoms with Gasteiger partial charge in [-0.2, -0.15) is 0 Å². The highest BCUT2D eigenvalue weighted by atomic mass is 16.5. The molecule has 2 aromatic heterocycles. The molecule has 0 unspecified atom stereocenters. The number of carboxylic acids is 1. The molecule has 106 valence electrons. The molecule has 7 heteroatoms. The van der Waals surface area contributed by atoms with E-state index in [1.54, 1.807) is 0 Å². The zero-order valence-electron chi connectivity index (χ0n) is 11.5. The average Bonchev–Trinajstić information content (AvgIpc) is 2.85. The van der Waals surface area contributed by atoms with Crippen molar-refractivity contribution in [2.75, 3.05) is 0 Å². The molecule has 2 rings (SSSR count). The van der Waals surface area contributed by atoms with Crippen LogP contribution in [0.25, 0.3) is 0 Å². The fourth-order valence-corrected chi connectivity index (χ4v) is 1.37. The standard InChI is InChI=1S/C13H15N3O4/c1-13(2,3)12-16-15-10(20-12)7-19-9-4-8(11(17)18)5-14-6-9/h4-6H,7H2,1-3H3,(H,17,18). The molecule has 0 spiro atoms. The third-order valence-corrected chi connectivity index (χ3v) is 2.43. The molecule has 0 bridgehead atoms. The van der Waals surface area contributed by atoms with Gasteiger partial charge in [-0.05, 0) is 6.07 Å². The van der Waals surface area contributed by atoms with E-state index < -0.39 is 5.97 Å². The lowest BCUT2D eigenvalue weighted by molar-refractivity contribution is 0.0696. The quantitative estimate of drug-likeness (QED) is 0.912. The van der Waals surface area contributed by atoms with Crippen LogP contribution >= 0.6 is 0 Å². The van der Waals surface area contributed by atoms with Gasteiger partial charge in [0.2, 0.25) is 5.89 Å². The van der Waals surface area contributed by atoms with Gasteiger partial charge in [0.05, 0.1) is 11.8 Å². The van der Waals surface area contributed by atoms with E-state index in [1.807, 2.05) is 20.8 Å². The van der Waals surface area contributed by atoms with Crippen LogP contribution in [0.15, 0.2) is 22.9 Å². The molecule has 7 nitrogen and oxygen atoms in total. The first kappa shape index (κ1) is 14.0. The van der Waals surface area contributed by atoms with E-state index in [-0.39, 0.29) is 17.6 Å². The van der Waals surface area contributed by atoms with Crippen LogP contribution in [0.5, 0.6) is 5.75 Å². The van der Waals surface area contributed by atoms with Gasteiger partial charge in [-0.3, -0.25) is 4.98 Å². The van der Waals surface area contributed by atoms with E-state index in [4.69, 9.17) is 14.3 Å². The van der Waals surface area contributed by atoms with Crippen molar-refractivity contribution < 1.29 is 19.1 Å². The van der Waals surface area contributed by atoms with E-state index in [1.165, 1.54) is 18.5 Å². The summed E-state index contributed by atoms with van der Waals surface area (Å²) < 4.78 is 10.9. The van der Waals surface area contributed by atoms with Crippen LogP contribution in [0.1, 0.15) is 42.9 Å². The minimum absolute atomic E-state index is 0.0587. The SMILES string of the molecule is CC(C)(C)c1nnc(COc2cncc(C(=O)O)c2)o1. The number of nitrogens with zero attached hydrogens (tertiary/aromatic N) is 3. The van der Waals surface area contributed by atoms with Gasteiger partial charge in [-0.25, -0.2) is 4.79 Å². The maximum absolute atomic E-state index is 10.8. The topological polar surface area (TPSA) is 98.3 Å². The van der Waals surface area contributed by atoms with Crippen molar-refractivity contribution in [2.45, 2.75) is 32.8 Å². The first-order valence-electron chi connectivity index (χ1n) is 6.00. The van der Waals surface area contributed by atoms with Gasteiger partial charge in [0.1, 0.15) is 5.75 Å². The van der Waals surface area contributed by atoms with Crippen molar-refractivity contribution in [2.24, 2.45) is 0 Å². The maximum Gasteiger partial charge on any atom is 0.337 e. The highest BCUT2D eigenvalue weighted by Gasteiger charge is 2.21. The third kappa shape index (κ3) is 3.31. The second-order valence-electron chi connectivity index (χ2n) is 5.25. The highest BCUT2D eigenvalue weighted by Crippen LogP contribution is 2.21. The lowest BCUT2D eigenvalue weighted by atomic mass is 9.97. The molecule has 0 radical (unpaired) electrons. The Hall–Kier alpha value is -2.44. The molecule has 0 aliphatic heterocycles. The third-order valence-electron chi connectivity index (χ3n) is 2.43. The minimum atomic E-state index is -1.06. The number of carbonyl (C=O) groups is 1. The van der Waals surface area contributed by atoms with Crippen molar-refractivity contribution in [1.82, 2.24) is 15.2 Å². The van der Waals surface area contributed by atoms with Crippen LogP contribution in [0.4, 0.5) is 0 Å². The van der Waals surface area contributed by atoms with Crippen molar-refractivity contribution in [3.8, 4) is 5.75 Å². The molecule has 0 saturated carbocycles. The van der Waals surface area contributed by atoms with Gasteiger partial charge in [0, 0.05) is 11.6 Å². The van der Waals surface area contributed by atoms with E-state index in [9.17, 15) is 4.79 Å². The largest absolute Gasteiger partial charge is 0.482 e. The Bertz CT molecular complexity index is 616. The number of carboxylic acid groups (broad SMARTS) is 1. The molecule has 0 amide bonds. The fourth-order valence-electron chi connectivity index (χ4n) is 1.37. The van der Waals surface area contributed by atoms with Gasteiger partial charge in [0.25, 0.3) is 5.89 Å². The monoisotopic (exact) mass is 277 g/mol. The molecule has 0 fully saturated rings. The van der Waals surface area contributed by atoms with E-state index >= 15 is 0 Å². The Morgan fingerprint density at radius 1 is 1.35 bits per heavy atom. The van der Waals surface area contributed by atoms with Gasteiger partial charge in [-0.15, -0.1) is 10.2 Å². The van der Waals surface area contributed by atoms with Crippen LogP contribution < -0.4 is 4.74 Å². The Morgan fingerprint density at radius 3 is 2.70 bits per heavy atom. The van der Waals surface area contributed by atoms with Crippen molar-refractivity contribution >= 4 is 5.97 Å². The van der Waals surface area contributed by atoms with Crippen molar-refractivity contribution in [3.63, 3.8) is 0 Å². The molecule has 2 aromatic rings. The minimum Gasteiger partial charge on any atom is -0.482 e. The lowest BCUT2D eigenvalue weighted by Gasteiger charge is -2.11. The predicted molar refractivity (Wildman–Crippen MR) is 68.5 cm³/mol. The molecule has 20 heavy (non-hydrogen) atoms. The summed E-state index contributed by atoms with van der Waals surface area (Å²) in [6.45, 7) is 5.95. The van der Waals surface area contributed by atoms with Crippen molar-refractivity contribution in [1.29, 1.82) is 0 Å². The Morgan fingerprint density at radius 2 is 2.10 bits per heavy atom.